The molecule has 3 N–H and O–H groups in total. The molecule has 7 nitrogen and oxygen atoms in total. The van der Waals surface area contributed by atoms with Crippen LogP contribution in [0.2, 0.25) is 0 Å². The Kier molecular flexibility index (Phi) is 12.2. The molecular weight excluding hydrogens is 521 g/mol. The number of aromatic nitrogens is 1. The number of hydrogen-bond acceptors (Lipinski definition) is 5. The van der Waals surface area contributed by atoms with Crippen LogP contribution in [0, 0.1) is 5.82 Å². The van der Waals surface area contributed by atoms with Gasteiger partial charge in [-0.25, -0.2) is 4.39 Å². The van der Waals surface area contributed by atoms with Gasteiger partial charge in [0.15, 0.2) is 0 Å². The molecule has 3 aromatic rings. The van der Waals surface area contributed by atoms with Crippen LogP contribution in [0.1, 0.15) is 49.7 Å². The molecule has 0 atom stereocenters. The number of halogens is 2. The van der Waals surface area contributed by atoms with Crippen molar-refractivity contribution in [1.82, 2.24) is 15.2 Å². The van der Waals surface area contributed by atoms with Crippen molar-refractivity contribution in [1.29, 1.82) is 0 Å². The minimum Gasteiger partial charge on any atom is -0.506 e. The highest BCUT2D eigenvalue weighted by atomic mass is 35.5. The quantitative estimate of drug-likeness (QED) is 0.263. The van der Waals surface area contributed by atoms with Crippen LogP contribution in [-0.4, -0.2) is 59.8 Å². The first-order chi connectivity index (χ1) is 18.5. The molecule has 0 aliphatic heterocycles. The second kappa shape index (κ2) is 15.6. The van der Waals surface area contributed by atoms with Gasteiger partial charge in [-0.05, 0) is 67.6 Å². The Hall–Kier alpha value is -2.94. The van der Waals surface area contributed by atoms with Crippen LogP contribution in [-0.2, 0) is 22.4 Å². The van der Waals surface area contributed by atoms with Gasteiger partial charge in [-0.3, -0.25) is 9.59 Å². The zero-order chi connectivity index (χ0) is 26.7. The standard InChI is InChI=1S/C30H38FN3O4.ClH/c31-24-6-4-5-22(21-24)14-19-38-20-15-29(37)34(25-7-2-1-3-8-25)18-17-32-16-13-23-9-11-27(35)30-26(23)10-12-28(36)33-30;/h4-6,9-12,21,25,32,35H,1-3,7-8,13-20H2,(H,33,36);1H. The third-order valence-electron chi connectivity index (χ3n) is 7.28. The van der Waals surface area contributed by atoms with E-state index in [0.717, 1.165) is 55.2 Å². The maximum absolute atomic E-state index is 13.3. The van der Waals surface area contributed by atoms with Crippen molar-refractivity contribution in [2.45, 2.75) is 57.4 Å². The number of amides is 1. The molecule has 1 amide bonds. The van der Waals surface area contributed by atoms with Gasteiger partial charge in [0.05, 0.1) is 25.2 Å². The van der Waals surface area contributed by atoms with Crippen molar-refractivity contribution in [3.05, 3.63) is 75.8 Å². The molecule has 0 spiro atoms. The van der Waals surface area contributed by atoms with E-state index in [2.05, 4.69) is 10.3 Å². The smallest absolute Gasteiger partial charge is 0.248 e. The normalized spacial score (nSPS) is 13.8. The molecule has 0 saturated heterocycles. The number of nitrogens with one attached hydrogen (secondary N) is 2. The summed E-state index contributed by atoms with van der Waals surface area (Å²) in [6.45, 7) is 2.88. The monoisotopic (exact) mass is 559 g/mol. The van der Waals surface area contributed by atoms with E-state index in [1.807, 2.05) is 17.0 Å². The molecule has 0 bridgehead atoms. The third-order valence-corrected chi connectivity index (χ3v) is 7.28. The first-order valence-corrected chi connectivity index (χ1v) is 13.7. The van der Waals surface area contributed by atoms with Gasteiger partial charge in [-0.15, -0.1) is 12.4 Å². The second-order valence-electron chi connectivity index (χ2n) is 9.98. The lowest BCUT2D eigenvalue weighted by atomic mass is 9.94. The number of ether oxygens (including phenoxy) is 1. The number of pyridine rings is 1. The Morgan fingerprint density at radius 2 is 1.87 bits per heavy atom. The van der Waals surface area contributed by atoms with Crippen molar-refractivity contribution >= 4 is 29.2 Å². The van der Waals surface area contributed by atoms with Crippen molar-refractivity contribution in [3.63, 3.8) is 0 Å². The number of fused-ring (bicyclic) bond motifs is 1. The molecule has 1 saturated carbocycles. The number of rotatable bonds is 13. The molecular formula is C30H39ClFN3O4. The fraction of sp³-hybridized carbons (Fsp3) is 0.467. The van der Waals surface area contributed by atoms with Gasteiger partial charge in [0, 0.05) is 30.6 Å². The van der Waals surface area contributed by atoms with Gasteiger partial charge in [-0.2, -0.15) is 0 Å². The predicted molar refractivity (Wildman–Crippen MR) is 154 cm³/mol. The van der Waals surface area contributed by atoms with Crippen LogP contribution < -0.4 is 10.9 Å². The minimum atomic E-state index is -0.248. The lowest BCUT2D eigenvalue weighted by Crippen LogP contribution is -2.45. The molecule has 2 aromatic carbocycles. The van der Waals surface area contributed by atoms with Gasteiger partial charge in [0.25, 0.3) is 0 Å². The maximum atomic E-state index is 13.3. The molecule has 4 rings (SSSR count). The first kappa shape index (κ1) is 30.6. The number of aromatic hydroxyl groups is 1. The number of phenolic OH excluding ortho intramolecular Hbond substituents is 1. The number of H-pyrrole nitrogens is 1. The van der Waals surface area contributed by atoms with Crippen LogP contribution in [0.5, 0.6) is 5.75 Å². The molecule has 212 valence electrons. The predicted octanol–water partition coefficient (Wildman–Crippen LogP) is 4.74. The topological polar surface area (TPSA) is 94.7 Å². The van der Waals surface area contributed by atoms with Crippen molar-refractivity contribution in [3.8, 4) is 5.75 Å². The summed E-state index contributed by atoms with van der Waals surface area (Å²) >= 11 is 0. The Morgan fingerprint density at radius 1 is 1.05 bits per heavy atom. The largest absolute Gasteiger partial charge is 0.506 e. The summed E-state index contributed by atoms with van der Waals surface area (Å²) in [6.07, 6.45) is 7.33. The van der Waals surface area contributed by atoms with Crippen LogP contribution in [0.4, 0.5) is 4.39 Å². The molecule has 1 heterocycles. The fourth-order valence-corrected chi connectivity index (χ4v) is 5.25. The summed E-state index contributed by atoms with van der Waals surface area (Å²) in [5.41, 5.74) is 2.15. The van der Waals surface area contributed by atoms with E-state index in [-0.39, 0.29) is 41.5 Å². The summed E-state index contributed by atoms with van der Waals surface area (Å²) in [5, 5.41) is 14.4. The minimum absolute atomic E-state index is 0. The molecule has 1 aliphatic carbocycles. The molecule has 0 radical (unpaired) electrons. The van der Waals surface area contributed by atoms with Crippen molar-refractivity contribution < 1.29 is 19.0 Å². The van der Waals surface area contributed by atoms with Crippen LogP contribution in [0.15, 0.2) is 53.3 Å². The molecule has 39 heavy (non-hydrogen) atoms. The number of hydrogen-bond donors (Lipinski definition) is 3. The number of carbonyl (C=O) groups excluding carboxylic acids is 1. The van der Waals surface area contributed by atoms with Crippen LogP contribution >= 0.6 is 12.4 Å². The van der Waals surface area contributed by atoms with Gasteiger partial charge in [0.2, 0.25) is 11.5 Å². The van der Waals surface area contributed by atoms with E-state index >= 15 is 0 Å². The summed E-state index contributed by atoms with van der Waals surface area (Å²) < 4.78 is 19.0. The molecule has 0 unspecified atom stereocenters. The zero-order valence-corrected chi connectivity index (χ0v) is 23.1. The Morgan fingerprint density at radius 3 is 2.67 bits per heavy atom. The van der Waals surface area contributed by atoms with Crippen molar-refractivity contribution in [2.75, 3.05) is 32.8 Å². The fourth-order valence-electron chi connectivity index (χ4n) is 5.25. The van der Waals surface area contributed by atoms with Gasteiger partial charge in [0.1, 0.15) is 11.6 Å². The number of nitrogens with zero attached hydrogens (tertiary/aromatic N) is 1. The Bertz CT molecular complexity index is 1260. The third kappa shape index (κ3) is 9.05. The molecule has 9 heteroatoms. The average Bonchev–Trinajstić information content (AvgIpc) is 2.92. The highest BCUT2D eigenvalue weighted by Crippen LogP contribution is 2.25. The van der Waals surface area contributed by atoms with E-state index in [1.54, 1.807) is 18.2 Å². The summed E-state index contributed by atoms with van der Waals surface area (Å²) in [4.78, 5) is 29.5. The van der Waals surface area contributed by atoms with Crippen LogP contribution in [0.3, 0.4) is 0 Å². The molecule has 1 fully saturated rings. The number of aromatic amines is 1. The SMILES string of the molecule is Cl.O=C(CCOCCc1cccc(F)c1)N(CCNCCc1ccc(O)c2[nH]c(=O)ccc12)C1CCCCC1. The summed E-state index contributed by atoms with van der Waals surface area (Å²) in [6, 6.07) is 13.5. The highest BCUT2D eigenvalue weighted by molar-refractivity contribution is 5.87. The summed E-state index contributed by atoms with van der Waals surface area (Å²) in [5.74, 6) is -0.0610. The van der Waals surface area contributed by atoms with Crippen LogP contribution in [0.25, 0.3) is 10.9 Å². The Labute approximate surface area is 235 Å². The molecule has 1 aliphatic rings. The summed E-state index contributed by atoms with van der Waals surface area (Å²) in [7, 11) is 0. The van der Waals surface area contributed by atoms with E-state index in [9.17, 15) is 19.1 Å². The highest BCUT2D eigenvalue weighted by Gasteiger charge is 2.24. The van der Waals surface area contributed by atoms with Gasteiger partial charge in [-0.1, -0.05) is 37.5 Å². The van der Waals surface area contributed by atoms with E-state index in [1.165, 1.54) is 24.6 Å². The van der Waals surface area contributed by atoms with E-state index in [4.69, 9.17) is 4.74 Å². The number of carbonyl (C=O) groups is 1. The van der Waals surface area contributed by atoms with E-state index < -0.39 is 0 Å². The first-order valence-electron chi connectivity index (χ1n) is 13.7. The number of benzene rings is 2. The van der Waals surface area contributed by atoms with Gasteiger partial charge < -0.3 is 25.0 Å². The Balaban J connectivity index is 0.00000420. The lowest BCUT2D eigenvalue weighted by Gasteiger charge is -2.34. The average molecular weight is 560 g/mol. The lowest BCUT2D eigenvalue weighted by molar-refractivity contribution is -0.135. The van der Waals surface area contributed by atoms with E-state index in [0.29, 0.717) is 44.7 Å². The maximum Gasteiger partial charge on any atom is 0.248 e. The second-order valence-corrected chi connectivity index (χ2v) is 9.98. The van der Waals surface area contributed by atoms with Crippen molar-refractivity contribution in [2.24, 2.45) is 0 Å². The van der Waals surface area contributed by atoms with Gasteiger partial charge >= 0.3 is 0 Å². The zero-order valence-electron chi connectivity index (χ0n) is 22.3. The number of phenols is 1. The molecule has 1 aromatic heterocycles.